The predicted molar refractivity (Wildman–Crippen MR) is 124 cm³/mol. The van der Waals surface area contributed by atoms with Gasteiger partial charge in [-0.1, -0.05) is 83.3 Å². The summed E-state index contributed by atoms with van der Waals surface area (Å²) >= 11 is 5.21. The van der Waals surface area contributed by atoms with Crippen LogP contribution in [0.1, 0.15) is 84.0 Å². The minimum absolute atomic E-state index is 0.0897. The molecule has 0 amide bonds. The highest BCUT2D eigenvalue weighted by Crippen LogP contribution is 2.36. The first-order valence-corrected chi connectivity index (χ1v) is 11.8. The summed E-state index contributed by atoms with van der Waals surface area (Å²) in [7, 11) is 0. The number of nitrogens with one attached hydrogen (secondary N) is 1. The second kappa shape index (κ2) is 12.0. The first kappa shape index (κ1) is 21.9. The van der Waals surface area contributed by atoms with Crippen molar-refractivity contribution in [2.45, 2.75) is 90.1 Å². The molecule has 29 heavy (non-hydrogen) atoms. The molecule has 0 saturated heterocycles. The Morgan fingerprint density at radius 2 is 1.66 bits per heavy atom. The van der Waals surface area contributed by atoms with E-state index in [1.165, 1.54) is 64.2 Å². The van der Waals surface area contributed by atoms with E-state index >= 15 is 0 Å². The molecule has 5 nitrogen and oxygen atoms in total. The zero-order valence-electron chi connectivity index (χ0n) is 17.7. The lowest BCUT2D eigenvalue weighted by Gasteiger charge is -2.25. The number of fused-ring (bicyclic) bond motifs is 1. The minimum Gasteiger partial charge on any atom is -0.454 e. The normalized spacial score (nSPS) is 17.3. The Morgan fingerprint density at radius 1 is 1.00 bits per heavy atom. The van der Waals surface area contributed by atoms with Gasteiger partial charge in [0.05, 0.1) is 0 Å². The van der Waals surface area contributed by atoms with Gasteiger partial charge in [0.25, 0.3) is 0 Å². The van der Waals surface area contributed by atoms with Crippen LogP contribution < -0.4 is 19.8 Å². The van der Waals surface area contributed by atoms with Crippen molar-refractivity contribution in [1.29, 1.82) is 0 Å². The fraction of sp³-hybridized carbons (Fsp3) is 0.652. The number of thiocarbonyl (C=S) groups is 1. The van der Waals surface area contributed by atoms with Gasteiger partial charge in [-0.2, -0.15) is 5.10 Å². The van der Waals surface area contributed by atoms with E-state index in [0.717, 1.165) is 35.9 Å². The van der Waals surface area contributed by atoms with Crippen LogP contribution in [0.25, 0.3) is 0 Å². The summed E-state index contributed by atoms with van der Waals surface area (Å²) in [6.45, 7) is 2.56. The number of benzene rings is 1. The lowest BCUT2D eigenvalue weighted by molar-refractivity contribution is 0.174. The Bertz CT molecular complexity index is 680. The second-order valence-corrected chi connectivity index (χ2v) is 8.20. The van der Waals surface area contributed by atoms with Crippen LogP contribution in [0.2, 0.25) is 0 Å². The average molecular weight is 418 g/mol. The van der Waals surface area contributed by atoms with Crippen LogP contribution in [0.15, 0.2) is 23.3 Å². The van der Waals surface area contributed by atoms with Gasteiger partial charge in [0, 0.05) is 23.5 Å². The Hall–Kier alpha value is -1.82. The molecule has 2 aliphatic heterocycles. The van der Waals surface area contributed by atoms with E-state index in [0.29, 0.717) is 0 Å². The van der Waals surface area contributed by atoms with Crippen molar-refractivity contribution in [3.63, 3.8) is 0 Å². The summed E-state index contributed by atoms with van der Waals surface area (Å²) in [5, 5.41) is 6.27. The topological polar surface area (TPSA) is 46.1 Å². The molecule has 0 aromatic heterocycles. The Labute approximate surface area is 180 Å². The predicted octanol–water partition coefficient (Wildman–Crippen LogP) is 6.17. The van der Waals surface area contributed by atoms with Crippen LogP contribution in [-0.4, -0.2) is 24.2 Å². The van der Waals surface area contributed by atoms with Gasteiger partial charge < -0.3 is 14.4 Å². The highest BCUT2D eigenvalue weighted by Gasteiger charge is 2.28. The molecule has 0 bridgehead atoms. The zero-order chi connectivity index (χ0) is 20.3. The van der Waals surface area contributed by atoms with E-state index in [-0.39, 0.29) is 13.0 Å². The van der Waals surface area contributed by atoms with E-state index in [9.17, 15) is 0 Å². The van der Waals surface area contributed by atoms with Crippen molar-refractivity contribution < 1.29 is 9.47 Å². The van der Waals surface area contributed by atoms with Crippen LogP contribution >= 0.6 is 12.2 Å². The van der Waals surface area contributed by atoms with E-state index in [1.54, 1.807) is 5.37 Å². The third-order valence-electron chi connectivity index (χ3n) is 5.65. The van der Waals surface area contributed by atoms with Gasteiger partial charge in [-0.3, -0.25) is 5.43 Å². The molecular formula is C23H35N3O2S. The molecule has 2 aliphatic rings. The highest BCUT2D eigenvalue weighted by molar-refractivity contribution is 7.79. The summed E-state index contributed by atoms with van der Waals surface area (Å²) in [5.41, 5.74) is 4.18. The minimum atomic E-state index is -0.0897. The molecule has 1 aromatic carbocycles. The molecule has 0 aliphatic carbocycles. The van der Waals surface area contributed by atoms with Crippen molar-refractivity contribution in [2.24, 2.45) is 5.10 Å². The van der Waals surface area contributed by atoms with E-state index in [2.05, 4.69) is 22.4 Å². The fourth-order valence-corrected chi connectivity index (χ4v) is 4.16. The maximum atomic E-state index is 5.53. The molecule has 1 unspecified atom stereocenters. The smallest absolute Gasteiger partial charge is 0.231 e. The summed E-state index contributed by atoms with van der Waals surface area (Å²) < 4.78 is 11.0. The molecular weight excluding hydrogens is 382 g/mol. The monoisotopic (exact) mass is 417 g/mol. The van der Waals surface area contributed by atoms with Gasteiger partial charge in [-0.15, -0.1) is 0 Å². The second-order valence-electron chi connectivity index (χ2n) is 7.93. The maximum Gasteiger partial charge on any atom is 0.231 e. The van der Waals surface area contributed by atoms with Crippen LogP contribution in [-0.2, 0) is 0 Å². The number of hydrazone groups is 1. The van der Waals surface area contributed by atoms with Gasteiger partial charge >= 0.3 is 0 Å². The Kier molecular flexibility index (Phi) is 9.06. The number of ether oxygens (including phenoxy) is 2. The van der Waals surface area contributed by atoms with Crippen molar-refractivity contribution in [1.82, 2.24) is 5.43 Å². The molecule has 1 atom stereocenters. The maximum absolute atomic E-state index is 5.53. The molecule has 2 heterocycles. The fourth-order valence-electron chi connectivity index (χ4n) is 3.97. The number of amidine groups is 1. The summed E-state index contributed by atoms with van der Waals surface area (Å²) in [4.78, 5) is 2.17. The van der Waals surface area contributed by atoms with Gasteiger partial charge in [0.15, 0.2) is 11.5 Å². The highest BCUT2D eigenvalue weighted by atomic mass is 32.1. The zero-order valence-corrected chi connectivity index (χ0v) is 18.5. The molecule has 0 fully saturated rings. The van der Waals surface area contributed by atoms with E-state index in [4.69, 9.17) is 21.7 Å². The summed E-state index contributed by atoms with van der Waals surface area (Å²) in [6.07, 6.45) is 15.7. The third kappa shape index (κ3) is 6.33. The van der Waals surface area contributed by atoms with Crippen molar-refractivity contribution in [2.75, 3.05) is 11.7 Å². The number of hydrogen-bond acceptors (Lipinski definition) is 6. The molecule has 1 N–H and O–H groups in total. The van der Waals surface area contributed by atoms with Crippen LogP contribution in [0.3, 0.4) is 0 Å². The largest absolute Gasteiger partial charge is 0.454 e. The van der Waals surface area contributed by atoms with Gasteiger partial charge in [0.2, 0.25) is 6.79 Å². The van der Waals surface area contributed by atoms with Gasteiger partial charge in [0.1, 0.15) is 12.0 Å². The first-order chi connectivity index (χ1) is 14.3. The average Bonchev–Trinajstić information content (AvgIpc) is 3.37. The van der Waals surface area contributed by atoms with Crippen LogP contribution in [0.4, 0.5) is 5.69 Å². The van der Waals surface area contributed by atoms with Crippen molar-refractivity contribution in [3.05, 3.63) is 18.2 Å². The van der Waals surface area contributed by atoms with E-state index in [1.807, 2.05) is 18.2 Å². The van der Waals surface area contributed by atoms with Gasteiger partial charge in [-0.05, 0) is 18.6 Å². The van der Waals surface area contributed by atoms with Crippen LogP contribution in [0, 0.1) is 0 Å². The summed E-state index contributed by atoms with van der Waals surface area (Å²) in [6, 6.07) is 6.01. The Balaban J connectivity index is 1.37. The van der Waals surface area contributed by atoms with E-state index < -0.39 is 0 Å². The van der Waals surface area contributed by atoms with Crippen molar-refractivity contribution >= 4 is 29.1 Å². The van der Waals surface area contributed by atoms with Gasteiger partial charge in [-0.25, -0.2) is 0 Å². The number of hydrogen-bond donors (Lipinski definition) is 1. The lowest BCUT2D eigenvalue weighted by Crippen LogP contribution is -2.41. The molecule has 6 heteroatoms. The van der Waals surface area contributed by atoms with Crippen LogP contribution in [0.5, 0.6) is 11.5 Å². The number of rotatable bonds is 14. The summed E-state index contributed by atoms with van der Waals surface area (Å²) in [5.74, 6) is 2.63. The molecule has 0 spiro atoms. The quantitative estimate of drug-likeness (QED) is 0.290. The standard InChI is InChI=1S/C23H35N3O2S/c1-2-3-4-5-6-7-8-9-10-11-12-13-22-24-25-23(17-29)26(22)19-14-15-20-21(16-19)28-18-27-20/h14-17,23,25H,2-13,18H2,1H3. The molecule has 3 rings (SSSR count). The molecule has 0 radical (unpaired) electrons. The first-order valence-electron chi connectivity index (χ1n) is 11.3. The number of unbranched alkanes of at least 4 members (excludes halogenated alkanes) is 10. The molecule has 1 aromatic rings. The molecule has 0 saturated carbocycles. The molecule has 160 valence electrons. The number of nitrogens with zero attached hydrogens (tertiary/aromatic N) is 2. The lowest BCUT2D eigenvalue weighted by atomic mass is 10.0. The van der Waals surface area contributed by atoms with Crippen molar-refractivity contribution in [3.8, 4) is 11.5 Å². The third-order valence-corrected chi connectivity index (χ3v) is 5.91. The Morgan fingerprint density at radius 3 is 2.34 bits per heavy atom. The SMILES string of the molecule is CCCCCCCCCCCCCC1=NNC(C=S)N1c1ccc2c(c1)OCO2. The number of anilines is 1.